The minimum Gasteiger partial charge on any atom is -0.468 e. The number of methoxy groups -OCH3 is 1. The molecule has 2 amide bonds. The Morgan fingerprint density at radius 3 is 2.65 bits per heavy atom. The second-order valence-electron chi connectivity index (χ2n) is 7.27. The van der Waals surface area contributed by atoms with Crippen molar-refractivity contribution in [2.75, 3.05) is 28.3 Å². The molecule has 2 aliphatic heterocycles. The van der Waals surface area contributed by atoms with E-state index in [1.54, 1.807) is 11.3 Å². The minimum absolute atomic E-state index is 0.237. The van der Waals surface area contributed by atoms with Crippen molar-refractivity contribution in [1.29, 1.82) is 0 Å². The first-order valence-corrected chi connectivity index (χ1v) is 9.54. The van der Waals surface area contributed by atoms with Gasteiger partial charge in [0.05, 0.1) is 25.0 Å². The molecule has 2 aliphatic rings. The Labute approximate surface area is 157 Å². The monoisotopic (exact) mass is 379 g/mol. The Hall–Kier alpha value is -1.77. The molecular formula is C18H25N3O4S. The number of hydrogen-bond donors (Lipinski definition) is 1. The van der Waals surface area contributed by atoms with Crippen LogP contribution in [0.15, 0.2) is 11.4 Å². The lowest BCUT2D eigenvalue weighted by Crippen LogP contribution is -2.55. The molecule has 4 atom stereocenters. The van der Waals surface area contributed by atoms with E-state index < -0.39 is 23.3 Å². The maximum Gasteiger partial charge on any atom is 0.326 e. The Morgan fingerprint density at radius 2 is 2.08 bits per heavy atom. The summed E-state index contributed by atoms with van der Waals surface area (Å²) in [5, 5.41) is 5.38. The number of carbonyl (C=O) groups excluding carboxylic acids is 3. The number of nitrogens with zero attached hydrogens (tertiary/aromatic N) is 2. The molecule has 1 aromatic rings. The first-order chi connectivity index (χ1) is 12.3. The fourth-order valence-electron chi connectivity index (χ4n) is 4.23. The fourth-order valence-corrected chi connectivity index (χ4v) is 5.24. The molecule has 3 rings (SSSR count). The lowest BCUT2D eigenvalue weighted by Gasteiger charge is -2.30. The summed E-state index contributed by atoms with van der Waals surface area (Å²) >= 11 is 1.55. The summed E-state index contributed by atoms with van der Waals surface area (Å²) in [6, 6.07) is 1.68. The minimum atomic E-state index is -1.17. The van der Waals surface area contributed by atoms with Crippen LogP contribution in [0.5, 0.6) is 0 Å². The van der Waals surface area contributed by atoms with E-state index in [1.807, 2.05) is 21.0 Å². The number of amides is 2. The van der Waals surface area contributed by atoms with Crippen molar-refractivity contribution in [1.82, 2.24) is 15.1 Å². The van der Waals surface area contributed by atoms with Gasteiger partial charge in [-0.1, -0.05) is 6.92 Å². The van der Waals surface area contributed by atoms with Crippen LogP contribution in [0, 0.1) is 11.8 Å². The highest BCUT2D eigenvalue weighted by molar-refractivity contribution is 7.10. The van der Waals surface area contributed by atoms with Gasteiger partial charge in [-0.25, -0.2) is 0 Å². The van der Waals surface area contributed by atoms with Crippen LogP contribution in [0.3, 0.4) is 0 Å². The molecule has 26 heavy (non-hydrogen) atoms. The molecule has 1 N–H and O–H groups in total. The molecule has 3 heterocycles. The van der Waals surface area contributed by atoms with E-state index in [-0.39, 0.29) is 17.9 Å². The van der Waals surface area contributed by atoms with Crippen molar-refractivity contribution in [3.8, 4) is 0 Å². The van der Waals surface area contributed by atoms with Crippen molar-refractivity contribution in [2.45, 2.75) is 31.5 Å². The van der Waals surface area contributed by atoms with E-state index in [9.17, 15) is 14.4 Å². The average molecular weight is 379 g/mol. The van der Waals surface area contributed by atoms with E-state index in [0.717, 1.165) is 21.9 Å². The molecule has 0 aliphatic carbocycles. The molecule has 0 aromatic carbocycles. The summed E-state index contributed by atoms with van der Waals surface area (Å²) in [6.07, 6.45) is 0.375. The van der Waals surface area contributed by atoms with Gasteiger partial charge in [0.2, 0.25) is 11.8 Å². The van der Waals surface area contributed by atoms with E-state index in [2.05, 4.69) is 21.7 Å². The van der Waals surface area contributed by atoms with E-state index in [4.69, 9.17) is 4.74 Å². The second kappa shape index (κ2) is 6.75. The number of rotatable bonds is 5. The van der Waals surface area contributed by atoms with Gasteiger partial charge in [0.25, 0.3) is 0 Å². The van der Waals surface area contributed by atoms with Gasteiger partial charge in [-0.2, -0.15) is 0 Å². The fraction of sp³-hybridized carbons (Fsp3) is 0.611. The Bertz CT molecular complexity index is 747. The standard InChI is InChI=1S/C18H25N3O4S/c1-6-18(17(24)25-5)13-12(15(22)21(4)16(13)23)14(19-18)11-7-10(9-26-11)8-20(2)3/h7,9,12-14,19H,6,8H2,1-5H3/t12-,13-,14-,18-/m1/s1. The third-order valence-corrected chi connectivity index (χ3v) is 6.53. The molecule has 0 spiro atoms. The van der Waals surface area contributed by atoms with Gasteiger partial charge in [-0.15, -0.1) is 11.3 Å². The van der Waals surface area contributed by atoms with Crippen LogP contribution in [0.1, 0.15) is 29.8 Å². The van der Waals surface area contributed by atoms with Crippen LogP contribution in [0.4, 0.5) is 0 Å². The van der Waals surface area contributed by atoms with E-state index in [0.29, 0.717) is 6.42 Å². The van der Waals surface area contributed by atoms with Crippen LogP contribution in [0.25, 0.3) is 0 Å². The van der Waals surface area contributed by atoms with Crippen molar-refractivity contribution < 1.29 is 19.1 Å². The summed E-state index contributed by atoms with van der Waals surface area (Å²) in [6.45, 7) is 2.63. The molecule has 0 bridgehead atoms. The number of ether oxygens (including phenoxy) is 1. The van der Waals surface area contributed by atoms with Gasteiger partial charge in [0.1, 0.15) is 5.54 Å². The van der Waals surface area contributed by atoms with Gasteiger partial charge < -0.3 is 9.64 Å². The van der Waals surface area contributed by atoms with E-state index >= 15 is 0 Å². The molecule has 0 unspecified atom stereocenters. The molecule has 2 saturated heterocycles. The van der Waals surface area contributed by atoms with Crippen LogP contribution in [-0.2, 0) is 25.7 Å². The third kappa shape index (κ3) is 2.67. The topological polar surface area (TPSA) is 79.0 Å². The predicted octanol–water partition coefficient (Wildman–Crippen LogP) is 1.01. The lowest BCUT2D eigenvalue weighted by molar-refractivity contribution is -0.154. The summed E-state index contributed by atoms with van der Waals surface area (Å²) in [5.41, 5.74) is -0.0293. The largest absolute Gasteiger partial charge is 0.468 e. The first kappa shape index (κ1) is 19.0. The highest BCUT2D eigenvalue weighted by Crippen LogP contribution is 2.50. The first-order valence-electron chi connectivity index (χ1n) is 8.66. The van der Waals surface area contributed by atoms with Crippen LogP contribution < -0.4 is 5.32 Å². The normalized spacial score (nSPS) is 31.0. The molecule has 0 saturated carbocycles. The maximum absolute atomic E-state index is 12.8. The maximum atomic E-state index is 12.8. The molecule has 7 nitrogen and oxygen atoms in total. The van der Waals surface area contributed by atoms with Crippen LogP contribution in [-0.4, -0.2) is 61.4 Å². The van der Waals surface area contributed by atoms with Gasteiger partial charge in [0.15, 0.2) is 0 Å². The SMILES string of the molecule is CC[C@@]1(C(=O)OC)N[C@H](c2cc(CN(C)C)cs2)[C@@H]2C(=O)N(C)C(=O)[C@@H]21. The van der Waals surface area contributed by atoms with E-state index in [1.165, 1.54) is 14.2 Å². The number of nitrogens with one attached hydrogen (secondary N) is 1. The lowest BCUT2D eigenvalue weighted by atomic mass is 9.78. The molecule has 2 fully saturated rings. The third-order valence-electron chi connectivity index (χ3n) is 5.46. The summed E-state index contributed by atoms with van der Waals surface area (Å²) in [5.74, 6) is -2.36. The summed E-state index contributed by atoms with van der Waals surface area (Å²) in [7, 11) is 6.79. The van der Waals surface area contributed by atoms with Crippen molar-refractivity contribution in [2.24, 2.45) is 11.8 Å². The number of thiophene rings is 1. The molecular weight excluding hydrogens is 354 g/mol. The quantitative estimate of drug-likeness (QED) is 0.608. The van der Waals surface area contributed by atoms with Gasteiger partial charge in [-0.05, 0) is 37.5 Å². The number of hydrogen-bond acceptors (Lipinski definition) is 7. The Kier molecular flexibility index (Phi) is 4.94. The van der Waals surface area contributed by atoms with Crippen LogP contribution in [0.2, 0.25) is 0 Å². The number of esters is 1. The smallest absolute Gasteiger partial charge is 0.326 e. The van der Waals surface area contributed by atoms with Crippen molar-refractivity contribution in [3.05, 3.63) is 21.9 Å². The van der Waals surface area contributed by atoms with Crippen molar-refractivity contribution >= 4 is 29.1 Å². The average Bonchev–Trinajstić information content (AvgIpc) is 3.26. The Morgan fingerprint density at radius 1 is 1.38 bits per heavy atom. The highest BCUT2D eigenvalue weighted by atomic mass is 32.1. The van der Waals surface area contributed by atoms with Crippen molar-refractivity contribution in [3.63, 3.8) is 0 Å². The zero-order valence-electron chi connectivity index (χ0n) is 15.7. The molecule has 8 heteroatoms. The zero-order chi connectivity index (χ0) is 19.2. The predicted molar refractivity (Wildman–Crippen MR) is 97.4 cm³/mol. The number of carbonyl (C=O) groups is 3. The number of imide groups is 1. The highest BCUT2D eigenvalue weighted by Gasteiger charge is 2.67. The molecule has 1 aromatic heterocycles. The summed E-state index contributed by atoms with van der Waals surface area (Å²) < 4.78 is 5.01. The zero-order valence-corrected chi connectivity index (χ0v) is 16.6. The summed E-state index contributed by atoms with van der Waals surface area (Å²) in [4.78, 5) is 42.4. The van der Waals surface area contributed by atoms with Gasteiger partial charge in [-0.3, -0.25) is 24.6 Å². The van der Waals surface area contributed by atoms with Crippen LogP contribution >= 0.6 is 11.3 Å². The molecule has 142 valence electrons. The molecule has 0 radical (unpaired) electrons. The Balaban J connectivity index is 2.04. The van der Waals surface area contributed by atoms with Gasteiger partial charge >= 0.3 is 5.97 Å². The number of likely N-dealkylation sites (tertiary alicyclic amines) is 1. The number of fused-ring (bicyclic) bond motifs is 1. The van der Waals surface area contributed by atoms with Gasteiger partial charge in [0, 0.05) is 18.5 Å². The second-order valence-corrected chi connectivity index (χ2v) is 8.22.